The standard InChI is InChI=1S/C29H27N3O5S/c1-4-36-24(33)17-31-16-20(21-13-9-10-14-22(21)31)15-23-27(34)32-26(19-11-7-6-8-12-19)25(28(35)37-5-2)18(3)30-29(32)38-23/h6-16,26H,4-5,17H2,1-3H3. The van der Waals surface area contributed by atoms with E-state index in [2.05, 4.69) is 4.99 Å². The van der Waals surface area contributed by atoms with E-state index in [0.717, 1.165) is 22.0 Å². The van der Waals surface area contributed by atoms with E-state index >= 15 is 0 Å². The molecule has 1 aliphatic heterocycles. The fourth-order valence-corrected chi connectivity index (χ4v) is 5.79. The summed E-state index contributed by atoms with van der Waals surface area (Å²) in [5.41, 5.74) is 3.08. The Morgan fingerprint density at radius 1 is 1.03 bits per heavy atom. The highest BCUT2D eigenvalue weighted by Gasteiger charge is 2.33. The van der Waals surface area contributed by atoms with E-state index in [1.807, 2.05) is 71.4 Å². The number of hydrogen-bond donors (Lipinski definition) is 0. The average molecular weight is 530 g/mol. The molecule has 4 aromatic rings. The second kappa shape index (κ2) is 10.6. The van der Waals surface area contributed by atoms with Crippen molar-refractivity contribution in [2.45, 2.75) is 33.4 Å². The highest BCUT2D eigenvalue weighted by atomic mass is 32.1. The van der Waals surface area contributed by atoms with E-state index < -0.39 is 12.0 Å². The first-order valence-corrected chi connectivity index (χ1v) is 13.2. The summed E-state index contributed by atoms with van der Waals surface area (Å²) in [7, 11) is 0. The summed E-state index contributed by atoms with van der Waals surface area (Å²) < 4.78 is 14.3. The van der Waals surface area contributed by atoms with Crippen molar-refractivity contribution in [2.24, 2.45) is 4.99 Å². The van der Waals surface area contributed by atoms with Crippen LogP contribution in [0.4, 0.5) is 0 Å². The molecule has 0 radical (unpaired) electrons. The minimum Gasteiger partial charge on any atom is -0.465 e. The van der Waals surface area contributed by atoms with Gasteiger partial charge in [-0.2, -0.15) is 0 Å². The van der Waals surface area contributed by atoms with Gasteiger partial charge >= 0.3 is 11.9 Å². The van der Waals surface area contributed by atoms with Gasteiger partial charge in [-0.05, 0) is 38.5 Å². The van der Waals surface area contributed by atoms with Gasteiger partial charge in [-0.25, -0.2) is 9.79 Å². The zero-order chi connectivity index (χ0) is 26.8. The second-order valence-corrected chi connectivity index (χ2v) is 9.76. The zero-order valence-corrected chi connectivity index (χ0v) is 22.2. The van der Waals surface area contributed by atoms with Crippen LogP contribution in [-0.2, 0) is 25.6 Å². The van der Waals surface area contributed by atoms with Crippen LogP contribution in [0.3, 0.4) is 0 Å². The maximum absolute atomic E-state index is 13.9. The highest BCUT2D eigenvalue weighted by Crippen LogP contribution is 2.30. The van der Waals surface area contributed by atoms with Crippen molar-refractivity contribution in [2.75, 3.05) is 13.2 Å². The molecule has 0 aliphatic carbocycles. The Hall–Kier alpha value is -4.24. The van der Waals surface area contributed by atoms with Crippen molar-refractivity contribution >= 4 is 40.3 Å². The number of allylic oxidation sites excluding steroid dienone is 1. The molecular weight excluding hydrogens is 502 g/mol. The van der Waals surface area contributed by atoms with Crippen LogP contribution in [0.5, 0.6) is 0 Å². The van der Waals surface area contributed by atoms with Crippen LogP contribution < -0.4 is 14.9 Å². The van der Waals surface area contributed by atoms with E-state index in [9.17, 15) is 14.4 Å². The normalized spacial score (nSPS) is 15.3. The molecule has 1 unspecified atom stereocenters. The Balaban J connectivity index is 1.68. The van der Waals surface area contributed by atoms with Crippen molar-refractivity contribution in [3.05, 3.63) is 103 Å². The number of esters is 2. The molecule has 2 aromatic carbocycles. The fraction of sp³-hybridized carbons (Fsp3) is 0.241. The van der Waals surface area contributed by atoms with Crippen molar-refractivity contribution < 1.29 is 19.1 Å². The van der Waals surface area contributed by atoms with Crippen LogP contribution in [0.2, 0.25) is 0 Å². The average Bonchev–Trinajstić information content (AvgIpc) is 3.40. The lowest BCUT2D eigenvalue weighted by molar-refractivity contribution is -0.143. The summed E-state index contributed by atoms with van der Waals surface area (Å²) in [5, 5.41) is 0.908. The van der Waals surface area contributed by atoms with Crippen molar-refractivity contribution in [1.29, 1.82) is 0 Å². The monoisotopic (exact) mass is 529 g/mol. The van der Waals surface area contributed by atoms with Gasteiger partial charge in [0.1, 0.15) is 6.54 Å². The second-order valence-electron chi connectivity index (χ2n) is 8.75. The van der Waals surface area contributed by atoms with Gasteiger partial charge in [-0.3, -0.25) is 14.2 Å². The predicted molar refractivity (Wildman–Crippen MR) is 145 cm³/mol. The summed E-state index contributed by atoms with van der Waals surface area (Å²) in [6, 6.07) is 16.5. The van der Waals surface area contributed by atoms with Gasteiger partial charge in [0.05, 0.1) is 35.1 Å². The quantitative estimate of drug-likeness (QED) is 0.343. The first-order valence-electron chi connectivity index (χ1n) is 12.4. The Bertz CT molecular complexity index is 1740. The van der Waals surface area contributed by atoms with Gasteiger partial charge in [-0.15, -0.1) is 0 Å². The molecule has 5 rings (SSSR count). The van der Waals surface area contributed by atoms with Crippen molar-refractivity contribution in [3.8, 4) is 0 Å². The van der Waals surface area contributed by atoms with Gasteiger partial charge in [-0.1, -0.05) is 59.9 Å². The molecular formula is C29H27N3O5S. The Labute approximate surface area is 222 Å². The number of aromatic nitrogens is 2. The SMILES string of the molecule is CCOC(=O)Cn1cc(C=c2sc3n(c2=O)C(c2ccccc2)C(C(=O)OCC)=C(C)N=3)c2ccccc21. The maximum Gasteiger partial charge on any atom is 0.338 e. The molecule has 0 bridgehead atoms. The Morgan fingerprint density at radius 3 is 2.47 bits per heavy atom. The zero-order valence-electron chi connectivity index (χ0n) is 21.3. The van der Waals surface area contributed by atoms with Gasteiger partial charge < -0.3 is 14.0 Å². The van der Waals surface area contributed by atoms with E-state index in [4.69, 9.17) is 9.47 Å². The van der Waals surface area contributed by atoms with E-state index in [0.29, 0.717) is 27.2 Å². The third kappa shape index (κ3) is 4.61. The summed E-state index contributed by atoms with van der Waals surface area (Å²) >= 11 is 1.27. The smallest absolute Gasteiger partial charge is 0.338 e. The number of thiazole rings is 1. The lowest BCUT2D eigenvalue weighted by atomic mass is 9.96. The maximum atomic E-state index is 13.9. The number of fused-ring (bicyclic) bond motifs is 2. The van der Waals surface area contributed by atoms with Gasteiger partial charge in [0, 0.05) is 22.7 Å². The molecule has 0 N–H and O–H groups in total. The Morgan fingerprint density at radius 2 is 1.74 bits per heavy atom. The van der Waals surface area contributed by atoms with Gasteiger partial charge in [0.15, 0.2) is 4.80 Å². The molecule has 0 spiro atoms. The fourth-order valence-electron chi connectivity index (χ4n) is 4.75. The van der Waals surface area contributed by atoms with E-state index in [1.165, 1.54) is 11.3 Å². The molecule has 0 saturated carbocycles. The van der Waals surface area contributed by atoms with E-state index in [-0.39, 0.29) is 24.7 Å². The summed E-state index contributed by atoms with van der Waals surface area (Å²) in [5.74, 6) is -0.817. The number of carbonyl (C=O) groups is 2. The number of nitrogens with zero attached hydrogens (tertiary/aromatic N) is 3. The van der Waals surface area contributed by atoms with Crippen LogP contribution in [0.15, 0.2) is 81.9 Å². The van der Waals surface area contributed by atoms with Crippen LogP contribution in [-0.4, -0.2) is 34.3 Å². The van der Waals surface area contributed by atoms with Crippen LogP contribution in [0.25, 0.3) is 17.0 Å². The van der Waals surface area contributed by atoms with Crippen LogP contribution in [0, 0.1) is 0 Å². The van der Waals surface area contributed by atoms with Crippen LogP contribution >= 0.6 is 11.3 Å². The summed E-state index contributed by atoms with van der Waals surface area (Å²) in [6.07, 6.45) is 3.67. The summed E-state index contributed by atoms with van der Waals surface area (Å²) in [6.45, 7) is 5.88. The molecule has 2 aromatic heterocycles. The minimum absolute atomic E-state index is 0.0690. The molecule has 0 saturated heterocycles. The number of ether oxygens (including phenoxy) is 2. The highest BCUT2D eigenvalue weighted by molar-refractivity contribution is 7.07. The molecule has 1 atom stereocenters. The molecule has 38 heavy (non-hydrogen) atoms. The molecule has 3 heterocycles. The van der Waals surface area contributed by atoms with Crippen LogP contribution in [0.1, 0.15) is 37.9 Å². The lowest BCUT2D eigenvalue weighted by Gasteiger charge is -2.24. The Kier molecular flexibility index (Phi) is 7.11. The largest absolute Gasteiger partial charge is 0.465 e. The molecule has 8 nitrogen and oxygen atoms in total. The minimum atomic E-state index is -0.654. The number of carbonyl (C=O) groups excluding carboxylic acids is 2. The summed E-state index contributed by atoms with van der Waals surface area (Å²) in [4.78, 5) is 44.2. The topological polar surface area (TPSA) is 91.9 Å². The van der Waals surface area contributed by atoms with Crippen molar-refractivity contribution in [1.82, 2.24) is 9.13 Å². The van der Waals surface area contributed by atoms with E-state index in [1.54, 1.807) is 25.3 Å². The molecule has 0 fully saturated rings. The van der Waals surface area contributed by atoms with Gasteiger partial charge in [0.25, 0.3) is 5.56 Å². The van der Waals surface area contributed by atoms with Crippen molar-refractivity contribution in [3.63, 3.8) is 0 Å². The van der Waals surface area contributed by atoms with Gasteiger partial charge in [0.2, 0.25) is 0 Å². The first-order chi connectivity index (χ1) is 18.4. The number of rotatable bonds is 7. The molecule has 9 heteroatoms. The molecule has 0 amide bonds. The lowest BCUT2D eigenvalue weighted by Crippen LogP contribution is -2.39. The first kappa shape index (κ1) is 25.4. The third-order valence-electron chi connectivity index (χ3n) is 6.34. The third-order valence-corrected chi connectivity index (χ3v) is 7.33. The number of hydrogen-bond acceptors (Lipinski definition) is 7. The number of para-hydroxylation sites is 1. The number of benzene rings is 2. The molecule has 1 aliphatic rings. The predicted octanol–water partition coefficient (Wildman–Crippen LogP) is 3.32. The molecule has 194 valence electrons.